The van der Waals surface area contributed by atoms with E-state index in [-0.39, 0.29) is 24.3 Å². The molecule has 0 bridgehead atoms. The van der Waals surface area contributed by atoms with Crippen molar-refractivity contribution >= 4 is 22.4 Å². The van der Waals surface area contributed by atoms with Gasteiger partial charge in [-0.05, 0) is 12.1 Å². The molecule has 0 saturated heterocycles. The van der Waals surface area contributed by atoms with Gasteiger partial charge in [0.1, 0.15) is 5.69 Å². The third kappa shape index (κ3) is 1.69. The van der Waals surface area contributed by atoms with Gasteiger partial charge in [0.25, 0.3) is 0 Å². The van der Waals surface area contributed by atoms with Gasteiger partial charge in [0.15, 0.2) is 5.52 Å². The van der Waals surface area contributed by atoms with Crippen LogP contribution in [0.15, 0.2) is 24.5 Å². The molecule has 0 amide bonds. The van der Waals surface area contributed by atoms with E-state index in [1.807, 2.05) is 0 Å². The molecule has 1 aromatic heterocycles. The second-order valence-corrected chi connectivity index (χ2v) is 2.68. The van der Waals surface area contributed by atoms with Crippen molar-refractivity contribution in [3.05, 3.63) is 34.6 Å². The number of rotatable bonds is 1. The van der Waals surface area contributed by atoms with Gasteiger partial charge in [-0.15, -0.1) is 0 Å². The van der Waals surface area contributed by atoms with Gasteiger partial charge in [0.2, 0.25) is 0 Å². The molecule has 1 aromatic carbocycles. The first-order valence-electron chi connectivity index (χ1n) is 3.84. The minimum absolute atomic E-state index is 0. The highest BCUT2D eigenvalue weighted by atomic mass is 16.6. The van der Waals surface area contributed by atoms with Crippen molar-refractivity contribution in [1.29, 1.82) is 0 Å². The Hall–Kier alpha value is -2.24. The van der Waals surface area contributed by atoms with Gasteiger partial charge in [-0.2, -0.15) is 0 Å². The fourth-order valence-corrected chi connectivity index (χ4v) is 1.23. The summed E-state index contributed by atoms with van der Waals surface area (Å²) >= 11 is 0. The first-order valence-corrected chi connectivity index (χ1v) is 3.84. The summed E-state index contributed by atoms with van der Waals surface area (Å²) in [5, 5.41) is 10.7. The molecule has 2 N–H and O–H groups in total. The number of hydrogen-bond acceptors (Lipinski definition) is 5. The molecule has 0 radical (unpaired) electrons. The first kappa shape index (κ1) is 10.8. The summed E-state index contributed by atoms with van der Waals surface area (Å²) in [6, 6.07) is 3.06. The minimum Gasteiger partial charge on any atom is -0.393 e. The molecular formula is C9H10N4O2. The van der Waals surface area contributed by atoms with Crippen LogP contribution in [0.4, 0.5) is 11.4 Å². The third-order valence-corrected chi connectivity index (χ3v) is 1.83. The largest absolute Gasteiger partial charge is 0.393 e. The van der Waals surface area contributed by atoms with Crippen LogP contribution in [0.5, 0.6) is 0 Å². The maximum absolute atomic E-state index is 10.7. The zero-order valence-corrected chi connectivity index (χ0v) is 7.04. The Morgan fingerprint density at radius 1 is 1.27 bits per heavy atom. The van der Waals surface area contributed by atoms with Crippen LogP contribution in [0.3, 0.4) is 0 Å². The Morgan fingerprint density at radius 2 is 1.93 bits per heavy atom. The molecule has 0 spiro atoms. The molecule has 1 heterocycles. The van der Waals surface area contributed by atoms with E-state index in [1.165, 1.54) is 18.5 Å². The predicted molar refractivity (Wildman–Crippen MR) is 57.3 cm³/mol. The Bertz CT molecular complexity index is 512. The molecule has 6 heteroatoms. The van der Waals surface area contributed by atoms with Crippen molar-refractivity contribution < 1.29 is 4.92 Å². The fraction of sp³-hybridized carbons (Fsp3) is 0.111. The summed E-state index contributed by atoms with van der Waals surface area (Å²) in [4.78, 5) is 18.0. The van der Waals surface area contributed by atoms with Crippen molar-refractivity contribution in [3.63, 3.8) is 0 Å². The first-order chi connectivity index (χ1) is 6.70. The molecule has 2 aromatic rings. The molecule has 0 atom stereocenters. The maximum atomic E-state index is 10.7. The van der Waals surface area contributed by atoms with Gasteiger partial charge in [0.05, 0.1) is 10.4 Å². The standard InChI is InChI=1S/C8H6N4O2.CH4/c9-5-1-2-6-7(8(5)12(13)14)11-4-3-10-6;/h1-4H,9H2;1H4. The van der Waals surface area contributed by atoms with Gasteiger partial charge >= 0.3 is 5.69 Å². The van der Waals surface area contributed by atoms with Crippen LogP contribution in [-0.4, -0.2) is 14.9 Å². The second kappa shape index (κ2) is 3.87. The highest BCUT2D eigenvalue weighted by Gasteiger charge is 2.17. The number of nitrogen functional groups attached to an aromatic ring is 1. The van der Waals surface area contributed by atoms with Gasteiger partial charge in [0, 0.05) is 12.4 Å². The molecule has 0 unspecified atom stereocenters. The molecule has 15 heavy (non-hydrogen) atoms. The average molecular weight is 206 g/mol. The quantitative estimate of drug-likeness (QED) is 0.435. The Labute approximate surface area is 85.9 Å². The average Bonchev–Trinajstić information content (AvgIpc) is 2.17. The lowest BCUT2D eigenvalue weighted by Crippen LogP contribution is -1.98. The van der Waals surface area contributed by atoms with Crippen LogP contribution < -0.4 is 5.73 Å². The number of anilines is 1. The lowest BCUT2D eigenvalue weighted by atomic mass is 10.2. The van der Waals surface area contributed by atoms with E-state index >= 15 is 0 Å². The van der Waals surface area contributed by atoms with Crippen LogP contribution in [0.25, 0.3) is 11.0 Å². The molecular weight excluding hydrogens is 196 g/mol. The number of nitro benzene ring substituents is 1. The van der Waals surface area contributed by atoms with Crippen molar-refractivity contribution in [1.82, 2.24) is 9.97 Å². The summed E-state index contributed by atoms with van der Waals surface area (Å²) in [6.45, 7) is 0. The lowest BCUT2D eigenvalue weighted by molar-refractivity contribution is -0.382. The number of nitrogens with two attached hydrogens (primary N) is 1. The Balaban J connectivity index is 0.00000112. The number of nitrogens with zero attached hydrogens (tertiary/aromatic N) is 3. The SMILES string of the molecule is C.Nc1ccc2nccnc2c1[N+](=O)[O-]. The van der Waals surface area contributed by atoms with Gasteiger partial charge in [-0.3, -0.25) is 15.1 Å². The second-order valence-electron chi connectivity index (χ2n) is 2.68. The smallest absolute Gasteiger partial charge is 0.319 e. The van der Waals surface area contributed by atoms with Gasteiger partial charge in [-0.1, -0.05) is 7.43 Å². The minimum atomic E-state index is -0.549. The Kier molecular flexibility index (Phi) is 2.80. The van der Waals surface area contributed by atoms with Crippen LogP contribution in [-0.2, 0) is 0 Å². The van der Waals surface area contributed by atoms with E-state index in [1.54, 1.807) is 6.07 Å². The molecule has 2 rings (SSSR count). The van der Waals surface area contributed by atoms with Crippen LogP contribution in [0.2, 0.25) is 0 Å². The molecule has 78 valence electrons. The predicted octanol–water partition coefficient (Wildman–Crippen LogP) is 1.76. The molecule has 0 aliphatic rings. The summed E-state index contributed by atoms with van der Waals surface area (Å²) in [7, 11) is 0. The number of hydrogen-bond donors (Lipinski definition) is 1. The van der Waals surface area contributed by atoms with E-state index in [9.17, 15) is 10.1 Å². The zero-order valence-electron chi connectivity index (χ0n) is 7.04. The summed E-state index contributed by atoms with van der Waals surface area (Å²) < 4.78 is 0. The van der Waals surface area contributed by atoms with Crippen molar-refractivity contribution in [3.8, 4) is 0 Å². The molecule has 0 aliphatic carbocycles. The number of benzene rings is 1. The zero-order chi connectivity index (χ0) is 10.1. The fourth-order valence-electron chi connectivity index (χ4n) is 1.23. The van der Waals surface area contributed by atoms with E-state index in [2.05, 4.69) is 9.97 Å². The van der Waals surface area contributed by atoms with E-state index in [4.69, 9.17) is 5.73 Å². The van der Waals surface area contributed by atoms with Crippen LogP contribution in [0.1, 0.15) is 7.43 Å². The topological polar surface area (TPSA) is 94.9 Å². The van der Waals surface area contributed by atoms with Gasteiger partial charge in [-0.25, -0.2) is 4.98 Å². The summed E-state index contributed by atoms with van der Waals surface area (Å²) in [5.74, 6) is 0. The molecule has 6 nitrogen and oxygen atoms in total. The van der Waals surface area contributed by atoms with E-state index in [0.717, 1.165) is 0 Å². The normalized spacial score (nSPS) is 9.60. The Morgan fingerprint density at radius 3 is 2.60 bits per heavy atom. The number of aromatic nitrogens is 2. The number of fused-ring (bicyclic) bond motifs is 1. The summed E-state index contributed by atoms with van der Waals surface area (Å²) in [6.07, 6.45) is 2.87. The highest BCUT2D eigenvalue weighted by molar-refractivity contribution is 5.90. The van der Waals surface area contributed by atoms with Crippen molar-refractivity contribution in [2.45, 2.75) is 7.43 Å². The highest BCUT2D eigenvalue weighted by Crippen LogP contribution is 2.28. The molecule has 0 saturated carbocycles. The number of nitro groups is 1. The monoisotopic (exact) mass is 206 g/mol. The van der Waals surface area contributed by atoms with Crippen molar-refractivity contribution in [2.24, 2.45) is 0 Å². The van der Waals surface area contributed by atoms with E-state index < -0.39 is 4.92 Å². The van der Waals surface area contributed by atoms with Crippen LogP contribution >= 0.6 is 0 Å². The third-order valence-electron chi connectivity index (χ3n) is 1.83. The lowest BCUT2D eigenvalue weighted by Gasteiger charge is -1.99. The van der Waals surface area contributed by atoms with Gasteiger partial charge < -0.3 is 5.73 Å². The summed E-state index contributed by atoms with van der Waals surface area (Å²) in [5.41, 5.74) is 6.08. The maximum Gasteiger partial charge on any atom is 0.319 e. The van der Waals surface area contributed by atoms with E-state index in [0.29, 0.717) is 5.52 Å². The van der Waals surface area contributed by atoms with Crippen LogP contribution in [0, 0.1) is 10.1 Å². The van der Waals surface area contributed by atoms with Crippen molar-refractivity contribution in [2.75, 3.05) is 5.73 Å². The molecule has 0 fully saturated rings. The molecule has 0 aliphatic heterocycles.